The van der Waals surface area contributed by atoms with Gasteiger partial charge in [-0.25, -0.2) is 0 Å². The van der Waals surface area contributed by atoms with Gasteiger partial charge >= 0.3 is 5.97 Å². The summed E-state index contributed by atoms with van der Waals surface area (Å²) < 4.78 is 5.49. The molecular weight excluding hydrogens is 911 g/mol. The first-order valence-corrected chi connectivity index (χ1v) is 33.9. The number of ether oxygens (including phenoxy) is 1. The number of allylic oxidation sites excluding steroid dienone is 2. The van der Waals surface area contributed by atoms with E-state index < -0.39 is 12.1 Å². The molecule has 0 aromatic carbocycles. The zero-order chi connectivity index (χ0) is 53.6. The lowest BCUT2D eigenvalue weighted by atomic mass is 10.0. The van der Waals surface area contributed by atoms with E-state index in [4.69, 9.17) is 4.74 Å². The first-order chi connectivity index (χ1) is 36.5. The highest BCUT2D eigenvalue weighted by Gasteiger charge is 2.20. The number of aliphatic hydroxyl groups is 2. The van der Waals surface area contributed by atoms with E-state index in [1.807, 2.05) is 0 Å². The van der Waals surface area contributed by atoms with Gasteiger partial charge in [-0.15, -0.1) is 0 Å². The van der Waals surface area contributed by atoms with E-state index in [-0.39, 0.29) is 18.5 Å². The molecule has 0 bridgehead atoms. The van der Waals surface area contributed by atoms with Gasteiger partial charge in [0.15, 0.2) is 0 Å². The summed E-state index contributed by atoms with van der Waals surface area (Å²) in [6.45, 7) is 4.99. The molecule has 3 N–H and O–H groups in total. The summed E-state index contributed by atoms with van der Waals surface area (Å²) in [5, 5.41) is 23.3. The first kappa shape index (κ1) is 72.6. The van der Waals surface area contributed by atoms with Crippen LogP contribution in [0, 0.1) is 0 Å². The molecule has 0 aromatic rings. The minimum absolute atomic E-state index is 0.0188. The van der Waals surface area contributed by atoms with E-state index in [9.17, 15) is 19.8 Å². The Balaban J connectivity index is 3.35. The lowest BCUT2D eigenvalue weighted by Gasteiger charge is -2.22. The molecule has 6 heteroatoms. The van der Waals surface area contributed by atoms with Gasteiger partial charge in [0.05, 0.1) is 25.4 Å². The molecule has 0 aliphatic carbocycles. The molecule has 0 radical (unpaired) electrons. The molecule has 74 heavy (non-hydrogen) atoms. The summed E-state index contributed by atoms with van der Waals surface area (Å²) in [5.74, 6) is -0.0123. The average molecular weight is 1040 g/mol. The molecule has 0 fully saturated rings. The second-order valence-corrected chi connectivity index (χ2v) is 23.5. The fraction of sp³-hybridized carbons (Fsp3) is 0.941. The number of carbonyl (C=O) groups is 2. The van der Waals surface area contributed by atoms with Crippen LogP contribution in [0.25, 0.3) is 0 Å². The van der Waals surface area contributed by atoms with E-state index >= 15 is 0 Å². The van der Waals surface area contributed by atoms with Crippen LogP contribution in [0.15, 0.2) is 12.2 Å². The highest BCUT2D eigenvalue weighted by Crippen LogP contribution is 2.19. The molecule has 2 atom stereocenters. The fourth-order valence-electron chi connectivity index (χ4n) is 10.9. The summed E-state index contributed by atoms with van der Waals surface area (Å²) in [6, 6.07) is -0.540. The predicted octanol–water partition coefficient (Wildman–Crippen LogP) is 21.6. The second-order valence-electron chi connectivity index (χ2n) is 23.5. The molecule has 0 saturated carbocycles. The Kier molecular flexibility index (Phi) is 62.9. The number of nitrogens with one attached hydrogen (secondary N) is 1. The number of carbonyl (C=O) groups excluding carboxylic acids is 2. The van der Waals surface area contributed by atoms with Crippen LogP contribution in [0.1, 0.15) is 386 Å². The molecule has 0 spiro atoms. The standard InChI is InChI=1S/C68H133NO5/c1-3-5-7-9-11-13-15-17-33-37-40-44-48-52-56-60-66(71)65(64-70)69-67(72)61-57-53-49-45-41-38-34-31-29-27-25-23-21-19-18-20-22-24-26-28-30-32-35-39-43-47-51-55-59-63-74-68(73)62-58-54-50-46-42-36-16-14-12-10-8-6-4-2/h18,20,65-66,70-71H,3-17,19,21-64H2,1-2H3,(H,69,72)/b20-18-. The van der Waals surface area contributed by atoms with E-state index in [0.29, 0.717) is 25.9 Å². The van der Waals surface area contributed by atoms with Gasteiger partial charge in [-0.05, 0) is 51.4 Å². The smallest absolute Gasteiger partial charge is 0.305 e. The maximum Gasteiger partial charge on any atom is 0.305 e. The number of hydrogen-bond acceptors (Lipinski definition) is 5. The molecular formula is C68H133NO5. The van der Waals surface area contributed by atoms with Crippen LogP contribution in [-0.2, 0) is 14.3 Å². The third-order valence-corrected chi connectivity index (χ3v) is 16.1. The van der Waals surface area contributed by atoms with Gasteiger partial charge in [0.25, 0.3) is 0 Å². The third kappa shape index (κ3) is 59.8. The van der Waals surface area contributed by atoms with Gasteiger partial charge < -0.3 is 20.3 Å². The number of esters is 1. The van der Waals surface area contributed by atoms with Gasteiger partial charge in [0, 0.05) is 12.8 Å². The van der Waals surface area contributed by atoms with Gasteiger partial charge in [-0.3, -0.25) is 9.59 Å². The van der Waals surface area contributed by atoms with Crippen LogP contribution in [0.4, 0.5) is 0 Å². The van der Waals surface area contributed by atoms with E-state index in [1.54, 1.807) is 0 Å². The molecule has 440 valence electrons. The highest BCUT2D eigenvalue weighted by molar-refractivity contribution is 5.76. The number of rotatable bonds is 64. The molecule has 6 nitrogen and oxygen atoms in total. The Bertz CT molecular complexity index is 1110. The molecule has 0 aliphatic rings. The normalized spacial score (nSPS) is 12.5. The van der Waals surface area contributed by atoms with Crippen LogP contribution < -0.4 is 5.32 Å². The van der Waals surface area contributed by atoms with Crippen LogP contribution in [-0.4, -0.2) is 47.4 Å². The molecule has 0 heterocycles. The minimum Gasteiger partial charge on any atom is -0.466 e. The molecule has 0 rings (SSSR count). The zero-order valence-corrected chi connectivity index (χ0v) is 50.4. The average Bonchev–Trinajstić information content (AvgIpc) is 3.40. The molecule has 0 aromatic heterocycles. The molecule has 0 saturated heterocycles. The van der Waals surface area contributed by atoms with Crippen molar-refractivity contribution in [3.05, 3.63) is 12.2 Å². The van der Waals surface area contributed by atoms with Crippen molar-refractivity contribution in [3.8, 4) is 0 Å². The van der Waals surface area contributed by atoms with E-state index in [0.717, 1.165) is 38.5 Å². The second kappa shape index (κ2) is 64.1. The maximum atomic E-state index is 12.5. The SMILES string of the molecule is CCCCCCCCCCCCCCCCCC(O)C(CO)NC(=O)CCCCCCCCCCCCCCC/C=C\CCCCCCCCCCCCCCOC(=O)CCCCCCCCCCCCCCC. The van der Waals surface area contributed by atoms with Gasteiger partial charge in [-0.2, -0.15) is 0 Å². The van der Waals surface area contributed by atoms with Gasteiger partial charge in [-0.1, -0.05) is 334 Å². The Morgan fingerprint density at radius 2 is 0.635 bits per heavy atom. The monoisotopic (exact) mass is 1040 g/mol. The Morgan fingerprint density at radius 3 is 0.959 bits per heavy atom. The molecule has 2 unspecified atom stereocenters. The first-order valence-electron chi connectivity index (χ1n) is 33.9. The Hall–Kier alpha value is -1.40. The largest absolute Gasteiger partial charge is 0.466 e. The van der Waals surface area contributed by atoms with Crippen molar-refractivity contribution in [2.45, 2.75) is 398 Å². The maximum absolute atomic E-state index is 12.5. The number of unbranched alkanes of at least 4 members (excludes halogenated alkanes) is 51. The van der Waals surface area contributed by atoms with E-state index in [1.165, 1.54) is 315 Å². The lowest BCUT2D eigenvalue weighted by molar-refractivity contribution is -0.143. The summed E-state index contributed by atoms with van der Waals surface area (Å²) in [6.07, 6.45) is 78.2. The van der Waals surface area contributed by atoms with Crippen molar-refractivity contribution in [2.75, 3.05) is 13.2 Å². The van der Waals surface area contributed by atoms with Gasteiger partial charge in [0.1, 0.15) is 0 Å². The van der Waals surface area contributed by atoms with Crippen molar-refractivity contribution in [1.82, 2.24) is 5.32 Å². The van der Waals surface area contributed by atoms with Crippen molar-refractivity contribution in [3.63, 3.8) is 0 Å². The molecule has 1 amide bonds. The predicted molar refractivity (Wildman–Crippen MR) is 324 cm³/mol. The summed E-state index contributed by atoms with van der Waals surface area (Å²) in [4.78, 5) is 24.5. The summed E-state index contributed by atoms with van der Waals surface area (Å²) in [5.41, 5.74) is 0. The molecule has 0 aliphatic heterocycles. The van der Waals surface area contributed by atoms with Crippen LogP contribution >= 0.6 is 0 Å². The van der Waals surface area contributed by atoms with Crippen molar-refractivity contribution >= 4 is 11.9 Å². The topological polar surface area (TPSA) is 95.9 Å². The van der Waals surface area contributed by atoms with Crippen LogP contribution in [0.2, 0.25) is 0 Å². The van der Waals surface area contributed by atoms with E-state index in [2.05, 4.69) is 31.3 Å². The summed E-state index contributed by atoms with van der Waals surface area (Å²) in [7, 11) is 0. The summed E-state index contributed by atoms with van der Waals surface area (Å²) >= 11 is 0. The number of amides is 1. The zero-order valence-electron chi connectivity index (χ0n) is 50.4. The minimum atomic E-state index is -0.663. The van der Waals surface area contributed by atoms with Gasteiger partial charge in [0.2, 0.25) is 5.91 Å². The third-order valence-electron chi connectivity index (χ3n) is 16.1. The fourth-order valence-corrected chi connectivity index (χ4v) is 10.9. The Morgan fingerprint density at radius 1 is 0.365 bits per heavy atom. The van der Waals surface area contributed by atoms with Crippen molar-refractivity contribution in [2.24, 2.45) is 0 Å². The quantitative estimate of drug-likeness (QED) is 0.0320. The van der Waals surface area contributed by atoms with Crippen molar-refractivity contribution in [1.29, 1.82) is 0 Å². The van der Waals surface area contributed by atoms with Crippen LogP contribution in [0.5, 0.6) is 0 Å². The number of hydrogen-bond donors (Lipinski definition) is 3. The highest BCUT2D eigenvalue weighted by atomic mass is 16.5. The van der Waals surface area contributed by atoms with Crippen LogP contribution in [0.3, 0.4) is 0 Å². The van der Waals surface area contributed by atoms with Crippen molar-refractivity contribution < 1.29 is 24.5 Å². The lowest BCUT2D eigenvalue weighted by Crippen LogP contribution is -2.45. The number of aliphatic hydroxyl groups excluding tert-OH is 2. The Labute approximate surface area is 463 Å².